The Kier molecular flexibility index (Phi) is 7.94. The second kappa shape index (κ2) is 11.2. The largest absolute Gasteiger partial charge is 0.497 e. The standard InChI is InChI=1S/C29H36N4O5/c1-19(2)13-14-32(28(35)20-7-12-23-24(15-20)38-18-37-23)17-27(34)30-26-16-25(29(3,4)5)31-33(26)21-8-10-22(36-6)11-9-21/h7-12,15-16,19H,13-14,17-18H2,1-6H3,(H,30,34). The number of carbonyl (C=O) groups is 2. The van der Waals surface area contributed by atoms with E-state index in [1.807, 2.05) is 30.3 Å². The fourth-order valence-electron chi connectivity index (χ4n) is 3.99. The van der Waals surface area contributed by atoms with Gasteiger partial charge in [-0.2, -0.15) is 5.10 Å². The first-order valence-corrected chi connectivity index (χ1v) is 12.8. The van der Waals surface area contributed by atoms with E-state index in [9.17, 15) is 9.59 Å². The van der Waals surface area contributed by atoms with Crippen LogP contribution in [0.15, 0.2) is 48.5 Å². The molecule has 1 aliphatic heterocycles. The first kappa shape index (κ1) is 27.0. The van der Waals surface area contributed by atoms with Crippen LogP contribution in [0.25, 0.3) is 5.69 Å². The maximum absolute atomic E-state index is 13.4. The average molecular weight is 521 g/mol. The van der Waals surface area contributed by atoms with Crippen molar-refractivity contribution in [2.45, 2.75) is 46.5 Å². The molecule has 0 fully saturated rings. The van der Waals surface area contributed by atoms with Gasteiger partial charge < -0.3 is 24.4 Å². The Labute approximate surface area is 223 Å². The minimum Gasteiger partial charge on any atom is -0.497 e. The summed E-state index contributed by atoms with van der Waals surface area (Å²) < 4.78 is 17.8. The summed E-state index contributed by atoms with van der Waals surface area (Å²) in [5.41, 5.74) is 1.83. The minimum absolute atomic E-state index is 0.0986. The number of hydrogen-bond acceptors (Lipinski definition) is 6. The second-order valence-corrected chi connectivity index (χ2v) is 10.8. The molecule has 0 saturated carbocycles. The van der Waals surface area contributed by atoms with Crippen LogP contribution in [0.1, 0.15) is 57.1 Å². The number of anilines is 1. The summed E-state index contributed by atoms with van der Waals surface area (Å²) >= 11 is 0. The van der Waals surface area contributed by atoms with E-state index in [1.165, 1.54) is 0 Å². The highest BCUT2D eigenvalue weighted by molar-refractivity contribution is 5.99. The van der Waals surface area contributed by atoms with Crippen LogP contribution in [0.3, 0.4) is 0 Å². The summed E-state index contributed by atoms with van der Waals surface area (Å²) in [6.45, 7) is 10.9. The van der Waals surface area contributed by atoms with Gasteiger partial charge in [0.05, 0.1) is 18.5 Å². The van der Waals surface area contributed by atoms with E-state index < -0.39 is 0 Å². The summed E-state index contributed by atoms with van der Waals surface area (Å²) in [5, 5.41) is 7.76. The van der Waals surface area contributed by atoms with Crippen LogP contribution in [-0.4, -0.2) is 53.5 Å². The van der Waals surface area contributed by atoms with E-state index >= 15 is 0 Å². The van der Waals surface area contributed by atoms with Gasteiger partial charge in [0.15, 0.2) is 11.5 Å². The van der Waals surface area contributed by atoms with Gasteiger partial charge in [-0.1, -0.05) is 34.6 Å². The molecule has 38 heavy (non-hydrogen) atoms. The molecule has 4 rings (SSSR count). The molecule has 2 amide bonds. The maximum atomic E-state index is 13.4. The number of fused-ring (bicyclic) bond motifs is 1. The van der Waals surface area contributed by atoms with Crippen LogP contribution in [-0.2, 0) is 10.2 Å². The lowest BCUT2D eigenvalue weighted by molar-refractivity contribution is -0.117. The summed E-state index contributed by atoms with van der Waals surface area (Å²) in [6.07, 6.45) is 0.765. The third-order valence-corrected chi connectivity index (χ3v) is 6.28. The van der Waals surface area contributed by atoms with Crippen molar-refractivity contribution in [2.75, 3.05) is 32.3 Å². The number of ether oxygens (including phenoxy) is 3. The van der Waals surface area contributed by atoms with E-state index in [-0.39, 0.29) is 30.6 Å². The number of rotatable bonds is 9. The Morgan fingerprint density at radius 3 is 2.45 bits per heavy atom. The molecule has 0 bridgehead atoms. The number of amides is 2. The second-order valence-electron chi connectivity index (χ2n) is 10.8. The maximum Gasteiger partial charge on any atom is 0.254 e. The molecule has 9 heteroatoms. The van der Waals surface area contributed by atoms with Gasteiger partial charge in [-0.05, 0) is 54.8 Å². The Morgan fingerprint density at radius 2 is 1.79 bits per heavy atom. The van der Waals surface area contributed by atoms with Gasteiger partial charge in [0.1, 0.15) is 18.1 Å². The Balaban J connectivity index is 1.57. The van der Waals surface area contributed by atoms with E-state index in [0.717, 1.165) is 23.6 Å². The fraction of sp³-hybridized carbons (Fsp3) is 0.414. The monoisotopic (exact) mass is 520 g/mol. The Bertz CT molecular complexity index is 1290. The number of benzene rings is 2. The van der Waals surface area contributed by atoms with Crippen molar-refractivity contribution in [3.05, 3.63) is 59.8 Å². The molecule has 1 aliphatic rings. The highest BCUT2D eigenvalue weighted by Gasteiger charge is 2.25. The summed E-state index contributed by atoms with van der Waals surface area (Å²) in [6, 6.07) is 14.4. The molecule has 202 valence electrons. The van der Waals surface area contributed by atoms with Gasteiger partial charge in [-0.3, -0.25) is 9.59 Å². The quantitative estimate of drug-likeness (QED) is 0.425. The molecule has 2 heterocycles. The van der Waals surface area contributed by atoms with Crippen molar-refractivity contribution in [2.24, 2.45) is 5.92 Å². The van der Waals surface area contributed by atoms with Crippen LogP contribution in [0.4, 0.5) is 5.82 Å². The molecule has 1 aromatic heterocycles. The average Bonchev–Trinajstić information content (AvgIpc) is 3.52. The van der Waals surface area contributed by atoms with Crippen molar-refractivity contribution in [3.8, 4) is 22.9 Å². The van der Waals surface area contributed by atoms with Crippen LogP contribution < -0.4 is 19.5 Å². The molecule has 2 aromatic carbocycles. The lowest BCUT2D eigenvalue weighted by atomic mass is 9.92. The zero-order valence-corrected chi connectivity index (χ0v) is 22.9. The minimum atomic E-state index is -0.307. The molecular weight excluding hydrogens is 484 g/mol. The number of carbonyl (C=O) groups excluding carboxylic acids is 2. The number of hydrogen-bond donors (Lipinski definition) is 1. The van der Waals surface area contributed by atoms with Crippen LogP contribution in [0, 0.1) is 5.92 Å². The molecule has 9 nitrogen and oxygen atoms in total. The zero-order chi connectivity index (χ0) is 27.4. The molecule has 0 saturated heterocycles. The first-order chi connectivity index (χ1) is 18.0. The topological polar surface area (TPSA) is 94.9 Å². The van der Waals surface area contributed by atoms with Crippen LogP contribution in [0.2, 0.25) is 0 Å². The zero-order valence-electron chi connectivity index (χ0n) is 22.9. The van der Waals surface area contributed by atoms with Crippen molar-refractivity contribution in [1.29, 1.82) is 0 Å². The predicted molar refractivity (Wildman–Crippen MR) is 145 cm³/mol. The van der Waals surface area contributed by atoms with Gasteiger partial charge in [0.25, 0.3) is 5.91 Å². The first-order valence-electron chi connectivity index (χ1n) is 12.8. The van der Waals surface area contributed by atoms with Crippen LogP contribution >= 0.6 is 0 Å². The smallest absolute Gasteiger partial charge is 0.254 e. The van der Waals surface area contributed by atoms with Gasteiger partial charge >= 0.3 is 0 Å². The predicted octanol–water partition coefficient (Wildman–Crippen LogP) is 5.03. The van der Waals surface area contributed by atoms with E-state index in [0.29, 0.717) is 35.3 Å². The third-order valence-electron chi connectivity index (χ3n) is 6.28. The molecule has 3 aromatic rings. The SMILES string of the molecule is COc1ccc(-n2nc(C(C)(C)C)cc2NC(=O)CN(CCC(C)C)C(=O)c2ccc3c(c2)OCO3)cc1. The molecule has 0 atom stereocenters. The molecule has 0 radical (unpaired) electrons. The number of nitrogens with one attached hydrogen (secondary N) is 1. The fourth-order valence-corrected chi connectivity index (χ4v) is 3.99. The number of aromatic nitrogens is 2. The summed E-state index contributed by atoms with van der Waals surface area (Å²) in [7, 11) is 1.61. The summed E-state index contributed by atoms with van der Waals surface area (Å²) in [5.74, 6) is 2.22. The van der Waals surface area contributed by atoms with Crippen molar-refractivity contribution in [3.63, 3.8) is 0 Å². The summed E-state index contributed by atoms with van der Waals surface area (Å²) in [4.78, 5) is 28.3. The van der Waals surface area contributed by atoms with Crippen molar-refractivity contribution < 1.29 is 23.8 Å². The lowest BCUT2D eigenvalue weighted by Crippen LogP contribution is -2.39. The Hall–Kier alpha value is -4.01. The van der Waals surface area contributed by atoms with Gasteiger partial charge in [-0.15, -0.1) is 0 Å². The van der Waals surface area contributed by atoms with Gasteiger partial charge in [0.2, 0.25) is 12.7 Å². The molecular formula is C29H36N4O5. The number of nitrogens with zero attached hydrogens (tertiary/aromatic N) is 3. The molecule has 0 aliphatic carbocycles. The normalized spacial score (nSPS) is 12.5. The van der Waals surface area contributed by atoms with Crippen LogP contribution in [0.5, 0.6) is 17.2 Å². The van der Waals surface area contributed by atoms with Gasteiger partial charge in [0, 0.05) is 23.6 Å². The van der Waals surface area contributed by atoms with Gasteiger partial charge in [-0.25, -0.2) is 4.68 Å². The molecule has 0 spiro atoms. The Morgan fingerprint density at radius 1 is 1.08 bits per heavy atom. The number of methoxy groups -OCH3 is 1. The highest BCUT2D eigenvalue weighted by atomic mass is 16.7. The van der Waals surface area contributed by atoms with E-state index in [4.69, 9.17) is 19.3 Å². The lowest BCUT2D eigenvalue weighted by Gasteiger charge is -2.23. The highest BCUT2D eigenvalue weighted by Crippen LogP contribution is 2.33. The van der Waals surface area contributed by atoms with Crippen molar-refractivity contribution in [1.82, 2.24) is 14.7 Å². The molecule has 0 unspecified atom stereocenters. The molecule has 1 N–H and O–H groups in total. The third kappa shape index (κ3) is 6.27. The van der Waals surface area contributed by atoms with E-state index in [2.05, 4.69) is 39.9 Å². The van der Waals surface area contributed by atoms with E-state index in [1.54, 1.807) is 34.9 Å². The van der Waals surface area contributed by atoms with Crippen molar-refractivity contribution >= 4 is 17.6 Å².